The van der Waals surface area contributed by atoms with E-state index in [9.17, 15) is 9.59 Å². The number of hydrogen-bond donors (Lipinski definition) is 0. The highest BCUT2D eigenvalue weighted by atomic mass is 32.2. The Morgan fingerprint density at radius 2 is 0.981 bits per heavy atom. The molecule has 0 aliphatic carbocycles. The number of amides is 1. The number of benzene rings is 3. The highest BCUT2D eigenvalue weighted by Gasteiger charge is 2.82. The van der Waals surface area contributed by atoms with Crippen molar-refractivity contribution in [3.8, 4) is 17.2 Å². The van der Waals surface area contributed by atoms with Gasteiger partial charge in [-0.1, -0.05) is 103 Å². The van der Waals surface area contributed by atoms with Crippen LogP contribution in [0, 0.1) is 11.8 Å². The van der Waals surface area contributed by atoms with Gasteiger partial charge in [-0.3, -0.25) is 19.3 Å². The molecule has 3 aromatic carbocycles. The lowest BCUT2D eigenvalue weighted by Gasteiger charge is -2.42. The second kappa shape index (κ2) is 17.2. The van der Waals surface area contributed by atoms with Gasteiger partial charge in [0.1, 0.15) is 38.7 Å². The molecule has 3 aliphatic heterocycles. The van der Waals surface area contributed by atoms with E-state index in [4.69, 9.17) is 18.9 Å². The van der Waals surface area contributed by atoms with Gasteiger partial charge in [0.25, 0.3) is 0 Å². The molecule has 3 saturated heterocycles. The third kappa shape index (κ3) is 7.30. The van der Waals surface area contributed by atoms with Crippen molar-refractivity contribution in [3.05, 3.63) is 83.9 Å². The molecule has 2 bridgehead atoms. The molecule has 4 atom stereocenters. The number of thioether (sulfide) groups is 1. The SMILES string of the molecule is CCCCCCOc1ccc(N2C(=O)[C@@]3(c4ccc(OCCCCCC)cc4)S[C@]2(c2ccc(OCCCCCC)cc2)C2C(=O)OC(=O)C23)cc1. The van der Waals surface area contributed by atoms with E-state index in [0.29, 0.717) is 48.3 Å². The first-order valence-corrected chi connectivity index (χ1v) is 20.2. The minimum atomic E-state index is -1.39. The van der Waals surface area contributed by atoms with Crippen molar-refractivity contribution in [2.75, 3.05) is 24.7 Å². The number of nitrogens with zero attached hydrogens (tertiary/aromatic N) is 1. The fraction of sp³-hybridized carbons (Fsp3) is 0.512. The molecule has 0 radical (unpaired) electrons. The first-order chi connectivity index (χ1) is 25.4. The molecular formula is C43H53NO7S. The van der Waals surface area contributed by atoms with E-state index in [1.54, 1.807) is 4.90 Å². The Balaban J connectivity index is 1.36. The van der Waals surface area contributed by atoms with E-state index in [1.807, 2.05) is 72.8 Å². The molecular weight excluding hydrogens is 675 g/mol. The summed E-state index contributed by atoms with van der Waals surface area (Å²) in [5.74, 6) is -1.32. The molecule has 0 spiro atoms. The van der Waals surface area contributed by atoms with Gasteiger partial charge >= 0.3 is 11.9 Å². The van der Waals surface area contributed by atoms with Gasteiger partial charge in [0.2, 0.25) is 5.91 Å². The van der Waals surface area contributed by atoms with Crippen molar-refractivity contribution in [2.24, 2.45) is 11.8 Å². The molecule has 0 saturated carbocycles. The maximum Gasteiger partial charge on any atom is 0.321 e. The maximum atomic E-state index is 15.2. The predicted molar refractivity (Wildman–Crippen MR) is 205 cm³/mol. The molecule has 278 valence electrons. The van der Waals surface area contributed by atoms with E-state index < -0.39 is 33.4 Å². The Labute approximate surface area is 312 Å². The predicted octanol–water partition coefficient (Wildman–Crippen LogP) is 9.72. The molecule has 3 aromatic rings. The summed E-state index contributed by atoms with van der Waals surface area (Å²) in [6.07, 6.45) is 13.2. The number of carbonyl (C=O) groups is 3. The molecule has 0 aromatic heterocycles. The number of anilines is 1. The second-order valence-corrected chi connectivity index (χ2v) is 15.6. The van der Waals surface area contributed by atoms with E-state index in [2.05, 4.69) is 20.8 Å². The summed E-state index contributed by atoms with van der Waals surface area (Å²) >= 11 is 1.38. The van der Waals surface area contributed by atoms with Crippen LogP contribution in [0.25, 0.3) is 0 Å². The van der Waals surface area contributed by atoms with Gasteiger partial charge in [0.05, 0.1) is 19.8 Å². The van der Waals surface area contributed by atoms with Crippen molar-refractivity contribution in [2.45, 2.75) is 107 Å². The van der Waals surface area contributed by atoms with Crippen molar-refractivity contribution < 1.29 is 33.3 Å². The molecule has 3 fully saturated rings. The topological polar surface area (TPSA) is 91.4 Å². The molecule has 0 N–H and O–H groups in total. The van der Waals surface area contributed by atoms with Crippen molar-refractivity contribution in [3.63, 3.8) is 0 Å². The van der Waals surface area contributed by atoms with Crippen LogP contribution in [0.1, 0.15) is 109 Å². The number of cyclic esters (lactones) is 2. The van der Waals surface area contributed by atoms with Crippen LogP contribution in [0.4, 0.5) is 5.69 Å². The Kier molecular flexibility index (Phi) is 12.5. The van der Waals surface area contributed by atoms with Gasteiger partial charge in [0.15, 0.2) is 0 Å². The lowest BCUT2D eigenvalue weighted by molar-refractivity contribution is -0.154. The normalized spacial score (nSPS) is 23.2. The zero-order chi connectivity index (χ0) is 36.6. The van der Waals surface area contributed by atoms with Crippen LogP contribution < -0.4 is 19.1 Å². The number of piperidine rings is 1. The monoisotopic (exact) mass is 727 g/mol. The summed E-state index contributed by atoms with van der Waals surface area (Å²) in [5.41, 5.74) is 1.99. The van der Waals surface area contributed by atoms with Crippen LogP contribution in [0.15, 0.2) is 72.8 Å². The van der Waals surface area contributed by atoms with Gasteiger partial charge in [0, 0.05) is 5.69 Å². The second-order valence-electron chi connectivity index (χ2n) is 14.1. The Morgan fingerprint density at radius 1 is 0.558 bits per heavy atom. The van der Waals surface area contributed by atoms with Gasteiger partial charge in [-0.15, -0.1) is 11.8 Å². The molecule has 6 rings (SSSR count). The van der Waals surface area contributed by atoms with Crippen LogP contribution in [0.5, 0.6) is 17.2 Å². The average Bonchev–Trinajstić information content (AvgIpc) is 3.76. The third-order valence-corrected chi connectivity index (χ3v) is 12.5. The number of fused-ring (bicyclic) bond motifs is 5. The Morgan fingerprint density at radius 3 is 1.44 bits per heavy atom. The molecule has 52 heavy (non-hydrogen) atoms. The third-order valence-electron chi connectivity index (χ3n) is 10.5. The minimum absolute atomic E-state index is 0.261. The van der Waals surface area contributed by atoms with Crippen LogP contribution in [0.3, 0.4) is 0 Å². The minimum Gasteiger partial charge on any atom is -0.494 e. The van der Waals surface area contributed by atoms with Gasteiger partial charge < -0.3 is 18.9 Å². The highest BCUT2D eigenvalue weighted by Crippen LogP contribution is 2.75. The van der Waals surface area contributed by atoms with E-state index in [-0.39, 0.29) is 5.91 Å². The Bertz CT molecular complexity index is 1660. The number of ether oxygens (including phenoxy) is 4. The lowest BCUT2D eigenvalue weighted by atomic mass is 9.69. The maximum absolute atomic E-state index is 15.2. The average molecular weight is 728 g/mol. The number of rotatable bonds is 21. The van der Waals surface area contributed by atoms with Crippen molar-refractivity contribution in [1.29, 1.82) is 0 Å². The summed E-state index contributed by atoms with van der Waals surface area (Å²) < 4.78 is 22.1. The number of esters is 2. The van der Waals surface area contributed by atoms with Crippen molar-refractivity contribution in [1.82, 2.24) is 0 Å². The fourth-order valence-electron chi connectivity index (χ4n) is 7.81. The van der Waals surface area contributed by atoms with Gasteiger partial charge in [-0.25, -0.2) is 0 Å². The van der Waals surface area contributed by atoms with E-state index >= 15 is 4.79 Å². The molecule has 1 amide bonds. The zero-order valence-corrected chi connectivity index (χ0v) is 31.7. The smallest absolute Gasteiger partial charge is 0.321 e. The molecule has 8 nitrogen and oxygen atoms in total. The number of hydrogen-bond acceptors (Lipinski definition) is 8. The first kappa shape index (κ1) is 37.8. The summed E-state index contributed by atoms with van der Waals surface area (Å²) in [6, 6.07) is 22.6. The molecule has 9 heteroatoms. The quantitative estimate of drug-likeness (QED) is 0.0609. The summed E-state index contributed by atoms with van der Waals surface area (Å²) in [5, 5.41) is 0. The zero-order valence-electron chi connectivity index (χ0n) is 30.9. The molecule has 3 heterocycles. The van der Waals surface area contributed by atoms with Crippen LogP contribution in [-0.4, -0.2) is 37.7 Å². The van der Waals surface area contributed by atoms with Crippen LogP contribution >= 0.6 is 11.8 Å². The van der Waals surface area contributed by atoms with Gasteiger partial charge in [-0.05, 0) is 78.9 Å². The summed E-state index contributed by atoms with van der Waals surface area (Å²) in [6.45, 7) is 8.39. The van der Waals surface area contributed by atoms with Crippen LogP contribution in [0.2, 0.25) is 0 Å². The standard InChI is InChI=1S/C43H53NO7S/c1-4-7-10-13-28-48-34-22-16-31(17-23-34)42-37-38(40(46)51-39(37)45)43(52-42,32-18-24-35(25-19-32)49-29-14-11-8-5-2)44(41(42)47)33-20-26-36(27-21-33)50-30-15-12-9-6-3/h16-27,37-38H,4-15,28-30H2,1-3H3/t37?,38?,42-,43+/m0/s1. The highest BCUT2D eigenvalue weighted by molar-refractivity contribution is 8.03. The summed E-state index contributed by atoms with van der Waals surface area (Å²) in [4.78, 5) is 43.1. The fourth-order valence-corrected chi connectivity index (χ4v) is 9.99. The number of carbonyl (C=O) groups excluding carboxylic acids is 3. The molecule has 2 unspecified atom stereocenters. The Hall–Kier alpha value is -3.98. The van der Waals surface area contributed by atoms with Gasteiger partial charge in [-0.2, -0.15) is 0 Å². The lowest BCUT2D eigenvalue weighted by Crippen LogP contribution is -2.58. The number of unbranched alkanes of at least 4 members (excludes halogenated alkanes) is 9. The van der Waals surface area contributed by atoms with E-state index in [1.165, 1.54) is 31.0 Å². The van der Waals surface area contributed by atoms with Crippen LogP contribution in [-0.2, 0) is 28.7 Å². The van der Waals surface area contributed by atoms with E-state index in [0.717, 1.165) is 63.4 Å². The summed E-state index contributed by atoms with van der Waals surface area (Å²) in [7, 11) is 0. The first-order valence-electron chi connectivity index (χ1n) is 19.4. The largest absolute Gasteiger partial charge is 0.494 e. The van der Waals surface area contributed by atoms with Crippen molar-refractivity contribution >= 4 is 35.3 Å². The molecule has 3 aliphatic rings.